The van der Waals surface area contributed by atoms with Crippen LogP contribution >= 0.6 is 0 Å². The molecule has 0 atom stereocenters. The first kappa shape index (κ1) is 28.2. The number of hydrogen-bond donors (Lipinski definition) is 0. The molecule has 0 saturated carbocycles. The van der Waals surface area contributed by atoms with Gasteiger partial charge in [0.15, 0.2) is 5.65 Å². The summed E-state index contributed by atoms with van der Waals surface area (Å²) in [4.78, 5) is 12.1. The van der Waals surface area contributed by atoms with Crippen molar-refractivity contribution in [2.45, 2.75) is 44.6 Å². The molecule has 1 saturated heterocycles. The molecule has 216 valence electrons. The zero-order valence-corrected chi connectivity index (χ0v) is 23.6. The van der Waals surface area contributed by atoms with E-state index in [1.165, 1.54) is 36.4 Å². The Kier molecular flexibility index (Phi) is 8.65. The summed E-state index contributed by atoms with van der Waals surface area (Å²) in [7, 11) is 0. The van der Waals surface area contributed by atoms with Crippen molar-refractivity contribution in [3.8, 4) is 0 Å². The average Bonchev–Trinajstić information content (AvgIpc) is 3.35. The second-order valence-electron chi connectivity index (χ2n) is 11.4. The van der Waals surface area contributed by atoms with E-state index in [-0.39, 0.29) is 23.4 Å². The average molecular weight is 569 g/mol. The quantitative estimate of drug-likeness (QED) is 0.173. The van der Waals surface area contributed by atoms with Crippen molar-refractivity contribution in [2.75, 3.05) is 19.6 Å². The third kappa shape index (κ3) is 6.73. The predicted octanol–water partition coefficient (Wildman–Crippen LogP) is 7.76. The van der Waals surface area contributed by atoms with Gasteiger partial charge in [-0.2, -0.15) is 0 Å². The van der Waals surface area contributed by atoms with E-state index in [0.717, 1.165) is 85.4 Å². The minimum Gasteiger partial charge on any atom is -0.308 e. The number of pyridine rings is 1. The molecule has 0 amide bonds. The van der Waals surface area contributed by atoms with E-state index in [1.807, 2.05) is 48.5 Å². The molecule has 42 heavy (non-hydrogen) atoms. The highest BCUT2D eigenvalue weighted by Crippen LogP contribution is 2.31. The van der Waals surface area contributed by atoms with Crippen LogP contribution in [-0.2, 0) is 13.0 Å². The Labute approximate surface area is 244 Å². The van der Waals surface area contributed by atoms with E-state index in [0.29, 0.717) is 12.5 Å². The van der Waals surface area contributed by atoms with Crippen molar-refractivity contribution in [3.63, 3.8) is 0 Å². The lowest BCUT2D eigenvalue weighted by Gasteiger charge is -2.32. The van der Waals surface area contributed by atoms with E-state index >= 15 is 0 Å². The molecule has 4 nitrogen and oxygen atoms in total. The molecule has 5 aromatic rings. The number of likely N-dealkylation sites (tertiary alicyclic amines) is 1. The molecule has 3 heterocycles. The summed E-state index contributed by atoms with van der Waals surface area (Å²) < 4.78 is 42.8. The number of piperidine rings is 1. The van der Waals surface area contributed by atoms with Gasteiger partial charge in [0.25, 0.3) is 0 Å². The molecule has 2 aromatic heterocycles. The van der Waals surface area contributed by atoms with Crippen LogP contribution in [0.2, 0.25) is 0 Å². The minimum atomic E-state index is -0.248. The molecule has 0 N–H and O–H groups in total. The van der Waals surface area contributed by atoms with Crippen LogP contribution in [0, 0.1) is 23.4 Å². The molecule has 0 bridgehead atoms. The van der Waals surface area contributed by atoms with Crippen molar-refractivity contribution in [2.24, 2.45) is 5.92 Å². The Hall–Kier alpha value is -3.97. The first-order valence-corrected chi connectivity index (χ1v) is 14.8. The van der Waals surface area contributed by atoms with Gasteiger partial charge in [0.2, 0.25) is 0 Å². The highest BCUT2D eigenvalue weighted by molar-refractivity contribution is 5.71. The number of benzene rings is 3. The molecule has 1 aliphatic heterocycles. The maximum absolute atomic E-state index is 13.6. The minimum absolute atomic E-state index is 0.103. The Morgan fingerprint density at radius 2 is 1.36 bits per heavy atom. The lowest BCUT2D eigenvalue weighted by Crippen LogP contribution is -2.35. The smallest absolute Gasteiger partial charge is 0.160 e. The Morgan fingerprint density at radius 3 is 1.98 bits per heavy atom. The topological polar surface area (TPSA) is 34.0 Å². The van der Waals surface area contributed by atoms with Crippen LogP contribution in [0.4, 0.5) is 13.2 Å². The third-order valence-corrected chi connectivity index (χ3v) is 8.53. The fourth-order valence-electron chi connectivity index (χ4n) is 6.21. The molecule has 1 aliphatic rings. The number of imidazole rings is 1. The van der Waals surface area contributed by atoms with Crippen molar-refractivity contribution in [3.05, 3.63) is 131 Å². The van der Waals surface area contributed by atoms with Crippen LogP contribution in [0.3, 0.4) is 0 Å². The van der Waals surface area contributed by atoms with Gasteiger partial charge in [0, 0.05) is 18.5 Å². The van der Waals surface area contributed by atoms with E-state index in [1.54, 1.807) is 6.20 Å². The summed E-state index contributed by atoms with van der Waals surface area (Å²) in [6.45, 7) is 3.70. The largest absolute Gasteiger partial charge is 0.308 e. The van der Waals surface area contributed by atoms with Gasteiger partial charge in [-0.05, 0) is 116 Å². The number of halogens is 3. The number of aromatic nitrogens is 3. The molecule has 0 spiro atoms. The molecule has 1 fully saturated rings. The summed E-state index contributed by atoms with van der Waals surface area (Å²) in [5.74, 6) is 0.944. The van der Waals surface area contributed by atoms with E-state index in [9.17, 15) is 13.2 Å². The van der Waals surface area contributed by atoms with Crippen molar-refractivity contribution >= 4 is 11.2 Å². The Morgan fingerprint density at radius 1 is 0.762 bits per heavy atom. The van der Waals surface area contributed by atoms with Crippen LogP contribution in [0.25, 0.3) is 11.2 Å². The van der Waals surface area contributed by atoms with Gasteiger partial charge in [0.1, 0.15) is 28.8 Å². The molecule has 7 heteroatoms. The lowest BCUT2D eigenvalue weighted by atomic mass is 9.87. The van der Waals surface area contributed by atoms with Crippen LogP contribution in [0.5, 0.6) is 0 Å². The van der Waals surface area contributed by atoms with Gasteiger partial charge >= 0.3 is 0 Å². The zero-order chi connectivity index (χ0) is 28.9. The van der Waals surface area contributed by atoms with Gasteiger partial charge in [-0.1, -0.05) is 36.4 Å². The van der Waals surface area contributed by atoms with E-state index in [2.05, 4.69) is 14.5 Å². The Balaban J connectivity index is 1.06. The maximum Gasteiger partial charge on any atom is 0.160 e. The zero-order valence-electron chi connectivity index (χ0n) is 23.6. The maximum atomic E-state index is 13.6. The number of rotatable bonds is 10. The fourth-order valence-corrected chi connectivity index (χ4v) is 6.21. The second kappa shape index (κ2) is 12.9. The normalized spacial score (nSPS) is 14.7. The number of nitrogens with zero attached hydrogens (tertiary/aromatic N) is 4. The van der Waals surface area contributed by atoms with Gasteiger partial charge in [-0.25, -0.2) is 23.1 Å². The van der Waals surface area contributed by atoms with Gasteiger partial charge in [0.05, 0.1) is 6.54 Å². The SMILES string of the molecule is Fc1ccc(Cn2c(CC3CCN(CCCC(c4ccc(F)cc4)c4ccc(F)cc4)CC3)nc3cccnc32)cc1. The summed E-state index contributed by atoms with van der Waals surface area (Å²) in [5, 5.41) is 0. The van der Waals surface area contributed by atoms with Gasteiger partial charge in [-0.3, -0.25) is 0 Å². The summed E-state index contributed by atoms with van der Waals surface area (Å²) >= 11 is 0. The molecule has 0 unspecified atom stereocenters. The summed E-state index contributed by atoms with van der Waals surface area (Å²) in [5.41, 5.74) is 4.89. The van der Waals surface area contributed by atoms with Gasteiger partial charge < -0.3 is 9.47 Å². The second-order valence-corrected chi connectivity index (χ2v) is 11.4. The molecule has 6 rings (SSSR count). The summed E-state index contributed by atoms with van der Waals surface area (Å²) in [6.07, 6.45) is 6.81. The van der Waals surface area contributed by atoms with Crippen molar-refractivity contribution in [1.29, 1.82) is 0 Å². The van der Waals surface area contributed by atoms with Gasteiger partial charge in [-0.15, -0.1) is 0 Å². The molecular weight excluding hydrogens is 533 g/mol. The molecular formula is C35H35F3N4. The lowest BCUT2D eigenvalue weighted by molar-refractivity contribution is 0.179. The summed E-state index contributed by atoms with van der Waals surface area (Å²) in [6, 6.07) is 23.9. The van der Waals surface area contributed by atoms with Crippen LogP contribution in [0.1, 0.15) is 54.1 Å². The van der Waals surface area contributed by atoms with Crippen molar-refractivity contribution in [1.82, 2.24) is 19.4 Å². The highest BCUT2D eigenvalue weighted by Gasteiger charge is 2.23. The predicted molar refractivity (Wildman–Crippen MR) is 160 cm³/mol. The highest BCUT2D eigenvalue weighted by atomic mass is 19.1. The monoisotopic (exact) mass is 568 g/mol. The fraction of sp³-hybridized carbons (Fsp3) is 0.314. The molecule has 0 aliphatic carbocycles. The van der Waals surface area contributed by atoms with E-state index < -0.39 is 0 Å². The van der Waals surface area contributed by atoms with Crippen molar-refractivity contribution < 1.29 is 13.2 Å². The first-order chi connectivity index (χ1) is 20.5. The first-order valence-electron chi connectivity index (χ1n) is 14.8. The van der Waals surface area contributed by atoms with Crippen LogP contribution < -0.4 is 0 Å². The standard InChI is InChI=1S/C35H35F3N4/c36-29-11-5-26(6-12-29)24-42-34(40-33-4-1-19-39-35(33)42)23-25-17-21-41(22-18-25)20-2-3-32(27-7-13-30(37)14-8-27)28-9-15-31(38)16-10-28/h1,4-16,19,25,32H,2-3,17-18,20-24H2. The molecule has 0 radical (unpaired) electrons. The Bertz CT molecular complexity index is 1540. The molecule has 3 aromatic carbocycles. The number of hydrogen-bond acceptors (Lipinski definition) is 3. The third-order valence-electron chi connectivity index (χ3n) is 8.53. The van der Waals surface area contributed by atoms with Crippen LogP contribution in [-0.4, -0.2) is 39.1 Å². The van der Waals surface area contributed by atoms with E-state index in [4.69, 9.17) is 4.98 Å². The van der Waals surface area contributed by atoms with Crippen LogP contribution in [0.15, 0.2) is 91.1 Å². The number of fused-ring (bicyclic) bond motifs is 1.